The van der Waals surface area contributed by atoms with E-state index in [-0.39, 0.29) is 29.9 Å². The van der Waals surface area contributed by atoms with Crippen LogP contribution in [-0.4, -0.2) is 44.5 Å². The maximum absolute atomic E-state index is 12.1. The predicted molar refractivity (Wildman–Crippen MR) is 131 cm³/mol. The second-order valence-electron chi connectivity index (χ2n) is 6.57. The molecule has 0 bridgehead atoms. The largest absolute Gasteiger partial charge is 0.356 e. The highest BCUT2D eigenvalue weighted by Crippen LogP contribution is 2.15. The van der Waals surface area contributed by atoms with Crippen LogP contribution < -0.4 is 10.6 Å². The van der Waals surface area contributed by atoms with Crippen molar-refractivity contribution in [2.75, 3.05) is 27.7 Å². The molecule has 7 heteroatoms. The lowest BCUT2D eigenvalue weighted by Crippen LogP contribution is -2.38. The van der Waals surface area contributed by atoms with Crippen LogP contribution in [-0.2, 0) is 13.0 Å². The van der Waals surface area contributed by atoms with Crippen molar-refractivity contribution in [2.24, 2.45) is 4.99 Å². The van der Waals surface area contributed by atoms with E-state index in [2.05, 4.69) is 50.6 Å². The Balaban J connectivity index is 0.00000392. The van der Waals surface area contributed by atoms with Gasteiger partial charge in [-0.25, -0.2) is 0 Å². The number of amides is 1. The van der Waals surface area contributed by atoms with Crippen LogP contribution >= 0.6 is 39.9 Å². The van der Waals surface area contributed by atoms with Crippen molar-refractivity contribution in [3.63, 3.8) is 0 Å². The van der Waals surface area contributed by atoms with Crippen LogP contribution in [0.4, 0.5) is 0 Å². The summed E-state index contributed by atoms with van der Waals surface area (Å²) in [5, 5.41) is 6.66. The number of aryl methyl sites for hydroxylation is 1. The van der Waals surface area contributed by atoms with Crippen molar-refractivity contribution in [3.8, 4) is 0 Å². The van der Waals surface area contributed by atoms with Crippen molar-refractivity contribution >= 4 is 51.8 Å². The lowest BCUT2D eigenvalue weighted by molar-refractivity contribution is 0.0827. The monoisotopic (exact) mass is 558 g/mol. The van der Waals surface area contributed by atoms with Crippen LogP contribution in [0.1, 0.15) is 27.0 Å². The summed E-state index contributed by atoms with van der Waals surface area (Å²) in [6, 6.07) is 14.0. The topological polar surface area (TPSA) is 56.7 Å². The molecule has 152 valence electrons. The Morgan fingerprint density at radius 1 is 1.14 bits per heavy atom. The van der Waals surface area contributed by atoms with E-state index < -0.39 is 0 Å². The third kappa shape index (κ3) is 7.43. The van der Waals surface area contributed by atoms with Crippen molar-refractivity contribution in [1.82, 2.24) is 15.5 Å². The molecule has 0 aliphatic rings. The van der Waals surface area contributed by atoms with Crippen molar-refractivity contribution < 1.29 is 4.79 Å². The molecule has 28 heavy (non-hydrogen) atoms. The number of halogens is 2. The standard InChI is InChI=1S/C21H27BrN4O.HI/c1-15-12-19(22)9-8-18(15)14-25-21(23-2)24-11-10-16-6-5-7-17(13-16)20(27)26(3)4;/h5-9,12-13H,10-11,14H2,1-4H3,(H2,23,24,25);1H. The smallest absolute Gasteiger partial charge is 0.253 e. The van der Waals surface area contributed by atoms with Crippen molar-refractivity contribution in [2.45, 2.75) is 19.9 Å². The molecule has 0 saturated carbocycles. The van der Waals surface area contributed by atoms with Crippen LogP contribution in [0.2, 0.25) is 0 Å². The zero-order valence-electron chi connectivity index (χ0n) is 16.8. The molecular weight excluding hydrogens is 531 g/mol. The van der Waals surface area contributed by atoms with Crippen LogP contribution in [0.15, 0.2) is 51.9 Å². The molecule has 0 heterocycles. The number of rotatable bonds is 6. The lowest BCUT2D eigenvalue weighted by atomic mass is 10.1. The third-order valence-electron chi connectivity index (χ3n) is 4.26. The van der Waals surface area contributed by atoms with E-state index in [1.807, 2.05) is 30.3 Å². The Morgan fingerprint density at radius 3 is 2.54 bits per heavy atom. The van der Waals surface area contributed by atoms with E-state index in [9.17, 15) is 4.79 Å². The summed E-state index contributed by atoms with van der Waals surface area (Å²) in [5.74, 6) is 0.782. The van der Waals surface area contributed by atoms with E-state index >= 15 is 0 Å². The van der Waals surface area contributed by atoms with Gasteiger partial charge in [-0.15, -0.1) is 24.0 Å². The summed E-state index contributed by atoms with van der Waals surface area (Å²) in [6.07, 6.45) is 0.812. The fourth-order valence-corrected chi connectivity index (χ4v) is 3.18. The first kappa shape index (κ1) is 24.4. The van der Waals surface area contributed by atoms with Gasteiger partial charge in [-0.05, 0) is 54.3 Å². The number of aliphatic imine (C=N–C) groups is 1. The maximum Gasteiger partial charge on any atom is 0.253 e. The zero-order valence-corrected chi connectivity index (χ0v) is 20.7. The van der Waals surface area contributed by atoms with Gasteiger partial charge in [-0.2, -0.15) is 0 Å². The SMILES string of the molecule is CN=C(NCCc1cccc(C(=O)N(C)C)c1)NCc1ccc(Br)cc1C.I. The van der Waals surface area contributed by atoms with Gasteiger partial charge in [0.05, 0.1) is 0 Å². The number of nitrogens with one attached hydrogen (secondary N) is 2. The highest BCUT2D eigenvalue weighted by Gasteiger charge is 2.08. The maximum atomic E-state index is 12.1. The van der Waals surface area contributed by atoms with Gasteiger partial charge in [0, 0.05) is 44.3 Å². The molecule has 1 amide bonds. The summed E-state index contributed by atoms with van der Waals surface area (Å²) in [4.78, 5) is 17.9. The molecule has 0 aromatic heterocycles. The first-order valence-corrected chi connectivity index (χ1v) is 9.70. The van der Waals surface area contributed by atoms with Crippen LogP contribution in [0.5, 0.6) is 0 Å². The molecule has 2 N–H and O–H groups in total. The van der Waals surface area contributed by atoms with Crippen LogP contribution in [0, 0.1) is 6.92 Å². The van der Waals surface area contributed by atoms with Gasteiger partial charge < -0.3 is 15.5 Å². The Labute approximate surface area is 193 Å². The molecule has 0 atom stereocenters. The first-order chi connectivity index (χ1) is 12.9. The number of carbonyl (C=O) groups is 1. The highest BCUT2D eigenvalue weighted by atomic mass is 127. The Bertz CT molecular complexity index is 824. The van der Waals surface area contributed by atoms with Crippen molar-refractivity contribution in [1.29, 1.82) is 0 Å². The molecule has 2 aromatic rings. The van der Waals surface area contributed by atoms with Crippen molar-refractivity contribution in [3.05, 3.63) is 69.2 Å². The minimum Gasteiger partial charge on any atom is -0.356 e. The van der Waals surface area contributed by atoms with Gasteiger partial charge in [0.15, 0.2) is 5.96 Å². The Kier molecular flexibility index (Phi) is 10.5. The zero-order chi connectivity index (χ0) is 19.8. The van der Waals surface area contributed by atoms with Gasteiger partial charge in [-0.1, -0.05) is 34.1 Å². The van der Waals surface area contributed by atoms with Gasteiger partial charge >= 0.3 is 0 Å². The summed E-state index contributed by atoms with van der Waals surface area (Å²) in [5.41, 5.74) is 4.30. The molecule has 2 rings (SSSR count). The van der Waals surface area contributed by atoms with Crippen LogP contribution in [0.25, 0.3) is 0 Å². The number of hydrogen-bond acceptors (Lipinski definition) is 2. The molecule has 0 unspecified atom stereocenters. The fourth-order valence-electron chi connectivity index (χ4n) is 2.70. The first-order valence-electron chi connectivity index (χ1n) is 8.91. The van der Waals surface area contributed by atoms with Gasteiger partial charge in [0.25, 0.3) is 5.91 Å². The Hall–Kier alpha value is -1.61. The number of benzene rings is 2. The molecule has 0 aliphatic carbocycles. The molecular formula is C21H28BrIN4O. The molecule has 0 aliphatic heterocycles. The molecule has 0 radical (unpaired) electrons. The minimum absolute atomic E-state index is 0. The van der Waals surface area contributed by atoms with Gasteiger partial charge in [-0.3, -0.25) is 9.79 Å². The second kappa shape index (κ2) is 12.1. The number of nitrogens with zero attached hydrogens (tertiary/aromatic N) is 2. The predicted octanol–water partition coefficient (Wildman–Crippen LogP) is 3.99. The third-order valence-corrected chi connectivity index (χ3v) is 4.75. The summed E-state index contributed by atoms with van der Waals surface area (Å²) in [7, 11) is 5.29. The molecule has 5 nitrogen and oxygen atoms in total. The van der Waals surface area contributed by atoms with Gasteiger partial charge in [0.2, 0.25) is 0 Å². The quantitative estimate of drug-likeness (QED) is 0.320. The van der Waals surface area contributed by atoms with E-state index in [1.165, 1.54) is 11.1 Å². The number of hydrogen-bond donors (Lipinski definition) is 2. The fraction of sp³-hybridized carbons (Fsp3) is 0.333. The summed E-state index contributed by atoms with van der Waals surface area (Å²) >= 11 is 3.49. The van der Waals surface area contributed by atoms with E-state index in [0.29, 0.717) is 12.1 Å². The van der Waals surface area contributed by atoms with Crippen LogP contribution in [0.3, 0.4) is 0 Å². The molecule has 2 aromatic carbocycles. The number of guanidine groups is 1. The van der Waals surface area contributed by atoms with E-state index in [4.69, 9.17) is 0 Å². The minimum atomic E-state index is 0. The highest BCUT2D eigenvalue weighted by molar-refractivity contribution is 14.0. The number of carbonyl (C=O) groups excluding carboxylic acids is 1. The second-order valence-corrected chi connectivity index (χ2v) is 7.49. The summed E-state index contributed by atoms with van der Waals surface area (Å²) in [6.45, 7) is 3.55. The molecule has 0 fully saturated rings. The van der Waals surface area contributed by atoms with E-state index in [1.54, 1.807) is 26.0 Å². The molecule has 0 saturated heterocycles. The Morgan fingerprint density at radius 2 is 1.89 bits per heavy atom. The normalized spacial score (nSPS) is 10.8. The summed E-state index contributed by atoms with van der Waals surface area (Å²) < 4.78 is 1.08. The lowest BCUT2D eigenvalue weighted by Gasteiger charge is -2.14. The average molecular weight is 559 g/mol. The van der Waals surface area contributed by atoms with Gasteiger partial charge in [0.1, 0.15) is 0 Å². The van der Waals surface area contributed by atoms with E-state index in [0.717, 1.165) is 29.0 Å². The molecule has 0 spiro atoms. The average Bonchev–Trinajstić information content (AvgIpc) is 2.65.